The standard InChI is InChI=1S/C12H12N4/c1-4-10-8(2)15-12(16-9(10)3)11-13-6-5-7-14-11/h4-7H,1H2,2-3H3. The van der Waals surface area contributed by atoms with Gasteiger partial charge in [0.05, 0.1) is 0 Å². The third-order valence-corrected chi connectivity index (χ3v) is 2.30. The van der Waals surface area contributed by atoms with E-state index in [0.717, 1.165) is 17.0 Å². The van der Waals surface area contributed by atoms with Gasteiger partial charge in [0, 0.05) is 29.3 Å². The number of hydrogen-bond donors (Lipinski definition) is 0. The van der Waals surface area contributed by atoms with Crippen molar-refractivity contribution in [1.82, 2.24) is 19.9 Å². The summed E-state index contributed by atoms with van der Waals surface area (Å²) in [6.07, 6.45) is 5.12. The van der Waals surface area contributed by atoms with Crippen molar-refractivity contribution in [3.05, 3.63) is 42.0 Å². The van der Waals surface area contributed by atoms with Crippen LogP contribution in [0.5, 0.6) is 0 Å². The molecule has 0 amide bonds. The van der Waals surface area contributed by atoms with Gasteiger partial charge in [-0.15, -0.1) is 0 Å². The first-order chi connectivity index (χ1) is 7.72. The van der Waals surface area contributed by atoms with Gasteiger partial charge in [-0.2, -0.15) is 0 Å². The summed E-state index contributed by atoms with van der Waals surface area (Å²) in [5.41, 5.74) is 2.76. The monoisotopic (exact) mass is 212 g/mol. The second kappa shape index (κ2) is 4.18. The highest BCUT2D eigenvalue weighted by molar-refractivity contribution is 5.55. The molecule has 80 valence electrons. The molecule has 0 aliphatic rings. The molecule has 0 saturated carbocycles. The van der Waals surface area contributed by atoms with Crippen LogP contribution in [-0.4, -0.2) is 19.9 Å². The van der Waals surface area contributed by atoms with Gasteiger partial charge < -0.3 is 0 Å². The lowest BCUT2D eigenvalue weighted by atomic mass is 10.2. The van der Waals surface area contributed by atoms with Gasteiger partial charge in [-0.25, -0.2) is 19.9 Å². The summed E-state index contributed by atoms with van der Waals surface area (Å²) < 4.78 is 0. The Labute approximate surface area is 94.1 Å². The van der Waals surface area contributed by atoms with Crippen LogP contribution in [0.3, 0.4) is 0 Å². The summed E-state index contributed by atoms with van der Waals surface area (Å²) in [5.74, 6) is 1.10. The molecule has 0 atom stereocenters. The van der Waals surface area contributed by atoms with E-state index in [1.54, 1.807) is 24.5 Å². The molecular weight excluding hydrogens is 200 g/mol. The van der Waals surface area contributed by atoms with Gasteiger partial charge in [0.1, 0.15) is 0 Å². The Morgan fingerprint density at radius 1 is 1.00 bits per heavy atom. The largest absolute Gasteiger partial charge is 0.234 e. The van der Waals surface area contributed by atoms with Crippen molar-refractivity contribution in [2.75, 3.05) is 0 Å². The summed E-state index contributed by atoms with van der Waals surface area (Å²) in [6, 6.07) is 1.77. The van der Waals surface area contributed by atoms with Gasteiger partial charge in [0.25, 0.3) is 0 Å². The van der Waals surface area contributed by atoms with Gasteiger partial charge in [-0.05, 0) is 19.9 Å². The minimum absolute atomic E-state index is 0.546. The molecule has 2 aromatic heterocycles. The van der Waals surface area contributed by atoms with Gasteiger partial charge in [-0.3, -0.25) is 0 Å². The Hall–Kier alpha value is -2.10. The summed E-state index contributed by atoms with van der Waals surface area (Å²) in [7, 11) is 0. The molecule has 2 heterocycles. The van der Waals surface area contributed by atoms with Crippen molar-refractivity contribution >= 4 is 6.08 Å². The van der Waals surface area contributed by atoms with Gasteiger partial charge in [0.15, 0.2) is 11.6 Å². The highest BCUT2D eigenvalue weighted by atomic mass is 15.0. The molecule has 0 aromatic carbocycles. The molecule has 0 unspecified atom stereocenters. The lowest BCUT2D eigenvalue weighted by Crippen LogP contribution is -2.01. The number of aromatic nitrogens is 4. The fourth-order valence-corrected chi connectivity index (χ4v) is 1.53. The Morgan fingerprint density at radius 3 is 2.06 bits per heavy atom. The number of nitrogens with zero attached hydrogens (tertiary/aromatic N) is 4. The maximum Gasteiger partial charge on any atom is 0.198 e. The van der Waals surface area contributed by atoms with Crippen LogP contribution in [-0.2, 0) is 0 Å². The average Bonchev–Trinajstić information content (AvgIpc) is 2.30. The number of hydrogen-bond acceptors (Lipinski definition) is 4. The van der Waals surface area contributed by atoms with E-state index in [1.807, 2.05) is 13.8 Å². The zero-order chi connectivity index (χ0) is 11.5. The Morgan fingerprint density at radius 2 is 1.56 bits per heavy atom. The number of rotatable bonds is 2. The summed E-state index contributed by atoms with van der Waals surface area (Å²) >= 11 is 0. The maximum atomic E-state index is 4.37. The molecule has 0 bridgehead atoms. The Bertz CT molecular complexity index is 497. The van der Waals surface area contributed by atoms with E-state index >= 15 is 0 Å². The molecule has 0 radical (unpaired) electrons. The van der Waals surface area contributed by atoms with Crippen LogP contribution in [0.15, 0.2) is 25.0 Å². The van der Waals surface area contributed by atoms with E-state index in [4.69, 9.17) is 0 Å². The van der Waals surface area contributed by atoms with Crippen molar-refractivity contribution in [2.45, 2.75) is 13.8 Å². The molecule has 4 heteroatoms. The third kappa shape index (κ3) is 1.82. The van der Waals surface area contributed by atoms with E-state index in [0.29, 0.717) is 11.6 Å². The van der Waals surface area contributed by atoms with Crippen LogP contribution in [0.25, 0.3) is 17.7 Å². The predicted octanol–water partition coefficient (Wildman–Crippen LogP) is 2.19. The quantitative estimate of drug-likeness (QED) is 0.765. The van der Waals surface area contributed by atoms with Crippen LogP contribution in [0.4, 0.5) is 0 Å². The Kier molecular flexibility index (Phi) is 2.72. The summed E-state index contributed by atoms with van der Waals surface area (Å²) in [5, 5.41) is 0. The first kappa shape index (κ1) is 10.4. The molecule has 0 aliphatic heterocycles. The minimum Gasteiger partial charge on any atom is -0.234 e. The smallest absolute Gasteiger partial charge is 0.198 e. The normalized spacial score (nSPS) is 10.1. The summed E-state index contributed by atoms with van der Waals surface area (Å²) in [6.45, 7) is 7.60. The zero-order valence-electron chi connectivity index (χ0n) is 9.31. The predicted molar refractivity (Wildman–Crippen MR) is 62.6 cm³/mol. The highest BCUT2D eigenvalue weighted by Crippen LogP contribution is 2.15. The first-order valence-electron chi connectivity index (χ1n) is 4.97. The fourth-order valence-electron chi connectivity index (χ4n) is 1.53. The van der Waals surface area contributed by atoms with Crippen LogP contribution >= 0.6 is 0 Å². The number of aryl methyl sites for hydroxylation is 2. The van der Waals surface area contributed by atoms with Gasteiger partial charge >= 0.3 is 0 Å². The molecular formula is C12H12N4. The maximum absolute atomic E-state index is 4.37. The molecule has 16 heavy (non-hydrogen) atoms. The lowest BCUT2D eigenvalue weighted by molar-refractivity contribution is 1.01. The molecule has 0 N–H and O–H groups in total. The van der Waals surface area contributed by atoms with Crippen molar-refractivity contribution in [1.29, 1.82) is 0 Å². The minimum atomic E-state index is 0.546. The van der Waals surface area contributed by atoms with E-state index in [2.05, 4.69) is 26.5 Å². The van der Waals surface area contributed by atoms with Crippen LogP contribution < -0.4 is 0 Å². The zero-order valence-corrected chi connectivity index (χ0v) is 9.31. The molecule has 0 aliphatic carbocycles. The van der Waals surface area contributed by atoms with Crippen LogP contribution in [0.1, 0.15) is 17.0 Å². The third-order valence-electron chi connectivity index (χ3n) is 2.30. The van der Waals surface area contributed by atoms with E-state index < -0.39 is 0 Å². The van der Waals surface area contributed by atoms with E-state index in [9.17, 15) is 0 Å². The SMILES string of the molecule is C=Cc1c(C)nc(-c2ncccn2)nc1C. The van der Waals surface area contributed by atoms with Crippen LogP contribution in [0, 0.1) is 13.8 Å². The lowest BCUT2D eigenvalue weighted by Gasteiger charge is -2.06. The summed E-state index contributed by atoms with van der Waals surface area (Å²) in [4.78, 5) is 17.0. The van der Waals surface area contributed by atoms with E-state index in [1.165, 1.54) is 0 Å². The van der Waals surface area contributed by atoms with Crippen molar-refractivity contribution in [2.24, 2.45) is 0 Å². The van der Waals surface area contributed by atoms with E-state index in [-0.39, 0.29) is 0 Å². The fraction of sp³-hybridized carbons (Fsp3) is 0.167. The second-order valence-corrected chi connectivity index (χ2v) is 3.41. The average molecular weight is 212 g/mol. The van der Waals surface area contributed by atoms with Crippen LogP contribution in [0.2, 0.25) is 0 Å². The highest BCUT2D eigenvalue weighted by Gasteiger charge is 2.08. The molecule has 2 aromatic rings. The molecule has 0 spiro atoms. The van der Waals surface area contributed by atoms with Crippen molar-refractivity contribution in [3.63, 3.8) is 0 Å². The van der Waals surface area contributed by atoms with Gasteiger partial charge in [0.2, 0.25) is 0 Å². The first-order valence-corrected chi connectivity index (χ1v) is 4.97. The Balaban J connectivity index is 2.57. The van der Waals surface area contributed by atoms with Gasteiger partial charge in [-0.1, -0.05) is 12.7 Å². The molecule has 2 rings (SSSR count). The molecule has 0 fully saturated rings. The second-order valence-electron chi connectivity index (χ2n) is 3.41. The van der Waals surface area contributed by atoms with Crippen molar-refractivity contribution in [3.8, 4) is 11.6 Å². The molecule has 4 nitrogen and oxygen atoms in total. The molecule has 0 saturated heterocycles. The van der Waals surface area contributed by atoms with Crippen molar-refractivity contribution < 1.29 is 0 Å². The topological polar surface area (TPSA) is 51.6 Å².